The molecule has 0 bridgehead atoms. The number of hydrogen-bond donors (Lipinski definition) is 1. The van der Waals surface area contributed by atoms with Gasteiger partial charge in [-0.25, -0.2) is 0 Å². The van der Waals surface area contributed by atoms with Gasteiger partial charge in [-0.05, 0) is 18.9 Å². The van der Waals surface area contributed by atoms with Crippen LogP contribution in [0.4, 0.5) is 11.4 Å². The van der Waals surface area contributed by atoms with E-state index in [-0.39, 0.29) is 34.8 Å². The molecule has 1 fully saturated rings. The molecule has 0 unspecified atom stereocenters. The molecule has 9 nitrogen and oxygen atoms in total. The van der Waals surface area contributed by atoms with E-state index < -0.39 is 23.4 Å². The molecule has 0 aromatic heterocycles. The number of hydrogen-bond acceptors (Lipinski definition) is 7. The molecular formula is C19H25N3O6S. The molecule has 0 spiro atoms. The van der Waals surface area contributed by atoms with Crippen molar-refractivity contribution in [3.05, 3.63) is 34.4 Å². The van der Waals surface area contributed by atoms with E-state index in [1.165, 1.54) is 30.7 Å². The molecule has 0 atom stereocenters. The SMILES string of the molecule is CN(C(=O)CSCC(=O)OCC(=O)Nc1cccc([N+](=O)[O-])c1)C1CCCCC1. The summed E-state index contributed by atoms with van der Waals surface area (Å²) in [6.07, 6.45) is 5.54. The van der Waals surface area contributed by atoms with E-state index in [1.807, 2.05) is 0 Å². The van der Waals surface area contributed by atoms with E-state index >= 15 is 0 Å². The lowest BCUT2D eigenvalue weighted by Gasteiger charge is -2.31. The molecule has 29 heavy (non-hydrogen) atoms. The number of carbonyl (C=O) groups excluding carboxylic acids is 3. The van der Waals surface area contributed by atoms with Crippen LogP contribution in [0.5, 0.6) is 0 Å². The normalized spacial score (nSPS) is 14.1. The minimum absolute atomic E-state index is 0.0156. The van der Waals surface area contributed by atoms with Gasteiger partial charge < -0.3 is 15.0 Å². The van der Waals surface area contributed by atoms with Crippen LogP contribution in [0.3, 0.4) is 0 Å². The highest BCUT2D eigenvalue weighted by Gasteiger charge is 2.22. The van der Waals surface area contributed by atoms with Crippen molar-refractivity contribution in [2.75, 3.05) is 30.5 Å². The molecule has 158 valence electrons. The first-order valence-electron chi connectivity index (χ1n) is 9.40. The van der Waals surface area contributed by atoms with Crippen molar-refractivity contribution in [2.45, 2.75) is 38.1 Å². The molecule has 2 amide bonds. The molecular weight excluding hydrogens is 398 g/mol. The van der Waals surface area contributed by atoms with Gasteiger partial charge in [-0.3, -0.25) is 24.5 Å². The van der Waals surface area contributed by atoms with Crippen LogP contribution in [0.15, 0.2) is 24.3 Å². The Bertz CT molecular complexity index is 751. The fraction of sp³-hybridized carbons (Fsp3) is 0.526. The summed E-state index contributed by atoms with van der Waals surface area (Å²) in [7, 11) is 1.80. The van der Waals surface area contributed by atoms with Crippen molar-refractivity contribution < 1.29 is 24.0 Å². The van der Waals surface area contributed by atoms with Crippen LogP contribution >= 0.6 is 11.8 Å². The van der Waals surface area contributed by atoms with Crippen LogP contribution in [0.1, 0.15) is 32.1 Å². The van der Waals surface area contributed by atoms with Crippen LogP contribution in [0, 0.1) is 10.1 Å². The summed E-state index contributed by atoms with van der Waals surface area (Å²) in [5.74, 6) is -1.07. The molecule has 10 heteroatoms. The molecule has 1 aromatic rings. The second kappa shape index (κ2) is 11.4. The second-order valence-corrected chi connectivity index (χ2v) is 7.79. The summed E-state index contributed by atoms with van der Waals surface area (Å²) in [4.78, 5) is 47.7. The van der Waals surface area contributed by atoms with Gasteiger partial charge in [0.05, 0.1) is 16.4 Å². The van der Waals surface area contributed by atoms with Crippen LogP contribution in [-0.4, -0.2) is 58.8 Å². The van der Waals surface area contributed by atoms with Crippen LogP contribution < -0.4 is 5.32 Å². The third kappa shape index (κ3) is 7.72. The van der Waals surface area contributed by atoms with E-state index in [0.29, 0.717) is 0 Å². The summed E-state index contributed by atoms with van der Waals surface area (Å²) in [6.45, 7) is -0.502. The van der Waals surface area contributed by atoms with Gasteiger partial charge in [0.15, 0.2) is 6.61 Å². The number of nitrogens with one attached hydrogen (secondary N) is 1. The summed E-state index contributed by atoms with van der Waals surface area (Å²) in [6, 6.07) is 5.74. The Kier molecular flexibility index (Phi) is 8.91. The maximum absolute atomic E-state index is 12.2. The zero-order valence-corrected chi connectivity index (χ0v) is 17.1. The molecule has 0 heterocycles. The molecule has 0 radical (unpaired) electrons. The molecule has 0 aliphatic heterocycles. The third-order valence-corrected chi connectivity index (χ3v) is 5.56. The average Bonchev–Trinajstić information content (AvgIpc) is 2.72. The van der Waals surface area contributed by atoms with Gasteiger partial charge in [0.25, 0.3) is 11.6 Å². The molecule has 1 aromatic carbocycles. The standard InChI is InChI=1S/C19H25N3O6S/c1-21(15-7-3-2-4-8-15)18(24)12-29-13-19(25)28-11-17(23)20-14-6-5-9-16(10-14)22(26)27/h5-6,9-10,15H,2-4,7-8,11-13H2,1H3,(H,20,23). The van der Waals surface area contributed by atoms with Crippen molar-refractivity contribution in [1.29, 1.82) is 0 Å². The van der Waals surface area contributed by atoms with E-state index in [0.717, 1.165) is 37.4 Å². The van der Waals surface area contributed by atoms with Crippen LogP contribution in [0.2, 0.25) is 0 Å². The van der Waals surface area contributed by atoms with Gasteiger partial charge >= 0.3 is 5.97 Å². The smallest absolute Gasteiger partial charge is 0.316 e. The Morgan fingerprint density at radius 2 is 1.97 bits per heavy atom. The predicted molar refractivity (Wildman–Crippen MR) is 110 cm³/mol. The zero-order chi connectivity index (χ0) is 21.2. The summed E-state index contributed by atoms with van der Waals surface area (Å²) < 4.78 is 4.88. The van der Waals surface area contributed by atoms with Gasteiger partial charge in [-0.15, -0.1) is 11.8 Å². The van der Waals surface area contributed by atoms with Crippen LogP contribution in [0.25, 0.3) is 0 Å². The highest BCUT2D eigenvalue weighted by atomic mass is 32.2. The number of amides is 2. The monoisotopic (exact) mass is 423 g/mol. The van der Waals surface area contributed by atoms with E-state index in [9.17, 15) is 24.5 Å². The molecule has 1 aliphatic carbocycles. The van der Waals surface area contributed by atoms with Crippen molar-refractivity contribution in [1.82, 2.24) is 4.90 Å². The summed E-state index contributed by atoms with van der Waals surface area (Å²) in [5.41, 5.74) is 0.0880. The number of benzene rings is 1. The Morgan fingerprint density at radius 3 is 2.66 bits per heavy atom. The van der Waals surface area contributed by atoms with Gasteiger partial charge in [0, 0.05) is 30.9 Å². The first-order chi connectivity index (χ1) is 13.9. The van der Waals surface area contributed by atoms with E-state index in [4.69, 9.17) is 4.74 Å². The Labute approximate surface area is 173 Å². The topological polar surface area (TPSA) is 119 Å². The average molecular weight is 423 g/mol. The van der Waals surface area contributed by atoms with Gasteiger partial charge in [0.2, 0.25) is 5.91 Å². The number of carbonyl (C=O) groups is 3. The minimum atomic E-state index is -0.600. The summed E-state index contributed by atoms with van der Waals surface area (Å²) >= 11 is 1.15. The summed E-state index contributed by atoms with van der Waals surface area (Å²) in [5, 5.41) is 13.2. The molecule has 0 saturated heterocycles. The first-order valence-corrected chi connectivity index (χ1v) is 10.6. The fourth-order valence-corrected chi connectivity index (χ4v) is 3.81. The molecule has 1 N–H and O–H groups in total. The lowest BCUT2D eigenvalue weighted by molar-refractivity contribution is -0.384. The number of thioether (sulfide) groups is 1. The van der Waals surface area contributed by atoms with Gasteiger partial charge in [-0.1, -0.05) is 25.3 Å². The van der Waals surface area contributed by atoms with Crippen molar-refractivity contribution in [2.24, 2.45) is 0 Å². The number of ether oxygens (including phenoxy) is 1. The maximum Gasteiger partial charge on any atom is 0.316 e. The Morgan fingerprint density at radius 1 is 1.24 bits per heavy atom. The maximum atomic E-state index is 12.2. The lowest BCUT2D eigenvalue weighted by atomic mass is 9.94. The zero-order valence-electron chi connectivity index (χ0n) is 16.3. The number of nitro groups is 1. The Hall–Kier alpha value is -2.62. The van der Waals surface area contributed by atoms with E-state index in [1.54, 1.807) is 11.9 Å². The number of anilines is 1. The number of nitro benzene ring substituents is 1. The number of non-ortho nitro benzene ring substituents is 1. The Balaban J connectivity index is 1.65. The van der Waals surface area contributed by atoms with Crippen LogP contribution in [-0.2, 0) is 19.1 Å². The number of nitrogens with zero attached hydrogens (tertiary/aromatic N) is 2. The van der Waals surface area contributed by atoms with E-state index in [2.05, 4.69) is 5.32 Å². The minimum Gasteiger partial charge on any atom is -0.455 e. The second-order valence-electron chi connectivity index (χ2n) is 6.81. The molecule has 1 aliphatic rings. The van der Waals surface area contributed by atoms with Crippen molar-refractivity contribution in [3.63, 3.8) is 0 Å². The van der Waals surface area contributed by atoms with Gasteiger partial charge in [0.1, 0.15) is 0 Å². The van der Waals surface area contributed by atoms with Crippen molar-refractivity contribution in [3.8, 4) is 0 Å². The lowest BCUT2D eigenvalue weighted by Crippen LogP contribution is -2.39. The molecule has 1 saturated carbocycles. The highest BCUT2D eigenvalue weighted by molar-refractivity contribution is 8.00. The predicted octanol–water partition coefficient (Wildman–Crippen LogP) is 2.60. The van der Waals surface area contributed by atoms with Gasteiger partial charge in [-0.2, -0.15) is 0 Å². The largest absolute Gasteiger partial charge is 0.455 e. The highest BCUT2D eigenvalue weighted by Crippen LogP contribution is 2.22. The van der Waals surface area contributed by atoms with Crippen molar-refractivity contribution >= 4 is 40.9 Å². The molecule has 2 rings (SSSR count). The number of esters is 1. The fourth-order valence-electron chi connectivity index (χ4n) is 3.08. The third-order valence-electron chi connectivity index (χ3n) is 4.67. The number of rotatable bonds is 9. The quantitative estimate of drug-likeness (QED) is 0.368. The first kappa shape index (κ1) is 22.7.